The Morgan fingerprint density at radius 1 is 0.870 bits per heavy atom. The lowest BCUT2D eigenvalue weighted by Crippen LogP contribution is -2.83. The zero-order chi connectivity index (χ0) is 40.1. The van der Waals surface area contributed by atoms with Crippen LogP contribution in [-0.4, -0.2) is 97.5 Å². The summed E-state index contributed by atoms with van der Waals surface area (Å²) in [5.74, 6) is -8.82. The Morgan fingerprint density at radius 2 is 1.46 bits per heavy atom. The van der Waals surface area contributed by atoms with Crippen molar-refractivity contribution in [2.75, 3.05) is 6.61 Å². The molecular formula is C34H30Cl6O14. The third kappa shape index (κ3) is 5.97. The van der Waals surface area contributed by atoms with Crippen LogP contribution in [0.2, 0.25) is 0 Å². The molecule has 6 rings (SSSR count). The van der Waals surface area contributed by atoms with Gasteiger partial charge in [-0.3, -0.25) is 14.4 Å². The molecule has 9 atom stereocenters. The van der Waals surface area contributed by atoms with Crippen molar-refractivity contribution in [1.82, 2.24) is 0 Å². The number of carbonyl (C=O) groups excluding carboxylic acids is 7. The molecular weight excluding hydrogens is 845 g/mol. The quantitative estimate of drug-likeness (QED) is 0.211. The van der Waals surface area contributed by atoms with E-state index in [0.717, 1.165) is 6.92 Å². The molecule has 2 saturated carbocycles. The van der Waals surface area contributed by atoms with Crippen LogP contribution in [0.25, 0.3) is 0 Å². The molecule has 2 saturated heterocycles. The first-order valence-electron chi connectivity index (χ1n) is 16.2. The maximum absolute atomic E-state index is 15.7. The molecule has 5 aliphatic rings. The van der Waals surface area contributed by atoms with Crippen molar-refractivity contribution in [1.29, 1.82) is 0 Å². The number of hydrogen-bond acceptors (Lipinski definition) is 14. The molecule has 2 heterocycles. The fourth-order valence-electron chi connectivity index (χ4n) is 8.80. The van der Waals surface area contributed by atoms with Crippen molar-refractivity contribution in [2.24, 2.45) is 16.7 Å². The van der Waals surface area contributed by atoms with E-state index >= 15 is 4.79 Å². The number of alkyl halides is 6. The van der Waals surface area contributed by atoms with Crippen LogP contribution in [0.3, 0.4) is 0 Å². The Kier molecular flexibility index (Phi) is 10.1. The fraction of sp³-hybridized carbons (Fsp3) is 0.559. The molecule has 1 aromatic rings. The number of Topliss-reactive ketones (excluding diaryl/α,β-unsaturated/α-hetero) is 2. The molecule has 0 amide bonds. The molecule has 292 valence electrons. The molecule has 54 heavy (non-hydrogen) atoms. The average molecular weight is 875 g/mol. The van der Waals surface area contributed by atoms with Gasteiger partial charge in [0.1, 0.15) is 12.2 Å². The highest BCUT2D eigenvalue weighted by Gasteiger charge is 2.83. The van der Waals surface area contributed by atoms with E-state index < -0.39 is 121 Å². The molecule has 0 N–H and O–H groups in total. The Bertz CT molecular complexity index is 1890. The van der Waals surface area contributed by atoms with E-state index in [4.69, 9.17) is 103 Å². The predicted octanol–water partition coefficient (Wildman–Crippen LogP) is 5.29. The fourth-order valence-corrected chi connectivity index (χ4v) is 9.07. The molecule has 14 nitrogen and oxygen atoms in total. The molecule has 0 radical (unpaired) electrons. The van der Waals surface area contributed by atoms with Gasteiger partial charge in [-0.05, 0) is 31.6 Å². The summed E-state index contributed by atoms with van der Waals surface area (Å²) in [6.45, 7) is 5.99. The lowest BCUT2D eigenvalue weighted by Gasteiger charge is -2.67. The first-order chi connectivity index (χ1) is 24.9. The van der Waals surface area contributed by atoms with Crippen molar-refractivity contribution in [3.63, 3.8) is 0 Å². The number of hydrogen-bond donors (Lipinski definition) is 0. The predicted molar refractivity (Wildman–Crippen MR) is 187 cm³/mol. The standard InChI is InChI=1S/C34H30Cl6O14/c1-13-18-20(50-27(46)34(38,39)40)22(43)30(5)16(49-26(45)33(35,36)37)11-17-31(12-48-17,53-14(2)41)21(30)24(51-25(44)15-9-7-6-8-10-15)32(29(18,3)4)23(19(13)42)52-28(47)54-32/h6-10,16-17,20-21,23-24H,11-12H2,1-5H3/t16-,17+,20+,21-,23+,24-,30+,31-,32+/m0/s1. The second-order valence-corrected chi connectivity index (χ2v) is 18.8. The smallest absolute Gasteiger partial charge is 0.458 e. The minimum Gasteiger partial charge on any atom is -0.458 e. The Balaban J connectivity index is 1.75. The van der Waals surface area contributed by atoms with E-state index in [9.17, 15) is 28.8 Å². The summed E-state index contributed by atoms with van der Waals surface area (Å²) < 4.78 is 35.8. The van der Waals surface area contributed by atoms with Crippen molar-refractivity contribution in [3.8, 4) is 0 Å². The lowest BCUT2D eigenvalue weighted by atomic mass is 9.44. The molecule has 0 aromatic heterocycles. The number of ether oxygens (including phenoxy) is 7. The van der Waals surface area contributed by atoms with E-state index in [2.05, 4.69) is 0 Å². The molecule has 1 aromatic carbocycles. The summed E-state index contributed by atoms with van der Waals surface area (Å²) in [6.07, 6.45) is -10.8. The van der Waals surface area contributed by atoms with Crippen LogP contribution in [-0.2, 0) is 57.1 Å². The zero-order valence-electron chi connectivity index (χ0n) is 28.7. The van der Waals surface area contributed by atoms with Gasteiger partial charge in [0.05, 0.1) is 23.5 Å². The highest BCUT2D eigenvalue weighted by Crippen LogP contribution is 2.66. The highest BCUT2D eigenvalue weighted by atomic mass is 35.6. The molecule has 20 heteroatoms. The van der Waals surface area contributed by atoms with E-state index in [0.29, 0.717) is 0 Å². The van der Waals surface area contributed by atoms with Gasteiger partial charge in [-0.15, -0.1) is 0 Å². The largest absolute Gasteiger partial charge is 0.510 e. The normalized spacial score (nSPS) is 35.4. The zero-order valence-corrected chi connectivity index (χ0v) is 33.3. The number of rotatable bonds is 5. The molecule has 2 bridgehead atoms. The molecule has 3 aliphatic carbocycles. The van der Waals surface area contributed by atoms with Crippen LogP contribution < -0.4 is 0 Å². The summed E-state index contributed by atoms with van der Waals surface area (Å²) in [7, 11) is 0. The maximum atomic E-state index is 15.7. The van der Waals surface area contributed by atoms with Crippen LogP contribution in [0.4, 0.5) is 4.79 Å². The average Bonchev–Trinajstić information content (AvgIpc) is 3.43. The minimum absolute atomic E-state index is 0.0231. The van der Waals surface area contributed by atoms with Crippen molar-refractivity contribution >= 4 is 111 Å². The van der Waals surface area contributed by atoms with Crippen molar-refractivity contribution in [3.05, 3.63) is 47.0 Å². The van der Waals surface area contributed by atoms with Crippen LogP contribution >= 0.6 is 69.6 Å². The van der Waals surface area contributed by atoms with E-state index in [1.54, 1.807) is 6.07 Å². The third-order valence-electron chi connectivity index (χ3n) is 11.1. The van der Waals surface area contributed by atoms with E-state index in [1.165, 1.54) is 52.0 Å². The summed E-state index contributed by atoms with van der Waals surface area (Å²) in [5.41, 5.74) is -9.17. The van der Waals surface area contributed by atoms with E-state index in [-0.39, 0.29) is 16.7 Å². The first kappa shape index (κ1) is 40.8. The van der Waals surface area contributed by atoms with Gasteiger partial charge >= 0.3 is 30.0 Å². The van der Waals surface area contributed by atoms with Gasteiger partial charge in [0, 0.05) is 24.3 Å². The van der Waals surface area contributed by atoms with Gasteiger partial charge in [-0.1, -0.05) is 102 Å². The second-order valence-electron chi connectivity index (χ2n) is 14.2. The monoisotopic (exact) mass is 872 g/mol. The summed E-state index contributed by atoms with van der Waals surface area (Å²) in [6, 6.07) is 7.51. The van der Waals surface area contributed by atoms with Gasteiger partial charge in [-0.25, -0.2) is 19.2 Å². The maximum Gasteiger partial charge on any atom is 0.510 e. The summed E-state index contributed by atoms with van der Waals surface area (Å²) in [5, 5.41) is 0. The van der Waals surface area contributed by atoms with E-state index in [1.807, 2.05) is 0 Å². The number of esters is 4. The number of ketones is 2. The number of halogens is 6. The Hall–Kier alpha value is -2.85. The SMILES string of the molecule is CC(=O)O[C@@]12CO[C@@H]1C[C@H](OC(=O)C(Cl)(Cl)Cl)[C@@]1(C)C(=O)[C@H](OC(=O)C(Cl)(Cl)Cl)C3=C(C)C(=O)[C@H]4OC(=O)O[C@]4([C@@H](OC(=O)c4ccccc4)[C@H]21)C3(C)C. The number of fused-ring (bicyclic) bond motifs is 4. The summed E-state index contributed by atoms with van der Waals surface area (Å²) in [4.78, 5) is 97.4. The number of benzene rings is 1. The topological polar surface area (TPSA) is 184 Å². The highest BCUT2D eigenvalue weighted by molar-refractivity contribution is 6.76. The molecule has 4 fully saturated rings. The Morgan fingerprint density at radius 3 is 2.00 bits per heavy atom. The first-order valence-corrected chi connectivity index (χ1v) is 18.4. The van der Waals surface area contributed by atoms with Crippen LogP contribution in [0.5, 0.6) is 0 Å². The van der Waals surface area contributed by atoms with Gasteiger partial charge in [-0.2, -0.15) is 0 Å². The third-order valence-corrected chi connectivity index (χ3v) is 12.0. The van der Waals surface area contributed by atoms with Gasteiger partial charge < -0.3 is 33.2 Å². The molecule has 2 aliphatic heterocycles. The minimum atomic E-state index is -2.78. The van der Waals surface area contributed by atoms with Gasteiger partial charge in [0.25, 0.3) is 7.59 Å². The van der Waals surface area contributed by atoms with Crippen molar-refractivity contribution in [2.45, 2.75) is 90.3 Å². The van der Waals surface area contributed by atoms with Crippen molar-refractivity contribution < 1.29 is 66.7 Å². The van der Waals surface area contributed by atoms with Crippen LogP contribution in [0, 0.1) is 16.7 Å². The summed E-state index contributed by atoms with van der Waals surface area (Å²) >= 11 is 35.5. The lowest BCUT2D eigenvalue weighted by molar-refractivity contribution is -0.344. The van der Waals surface area contributed by atoms with Gasteiger partial charge in [0.15, 0.2) is 23.6 Å². The Labute approximate surface area is 337 Å². The molecule has 1 spiro atoms. The molecule has 0 unspecified atom stereocenters. The second kappa shape index (κ2) is 13.4. The van der Waals surface area contributed by atoms with Crippen LogP contribution in [0.15, 0.2) is 41.5 Å². The number of carbonyl (C=O) groups is 7. The van der Waals surface area contributed by atoms with Crippen LogP contribution in [0.1, 0.15) is 51.4 Å². The van der Waals surface area contributed by atoms with Gasteiger partial charge in [0.2, 0.25) is 17.5 Å².